The van der Waals surface area contributed by atoms with E-state index in [0.29, 0.717) is 13.1 Å². The highest BCUT2D eigenvalue weighted by atomic mass is 35.5. The molecule has 0 unspecified atom stereocenters. The maximum absolute atomic E-state index is 11.7. The van der Waals surface area contributed by atoms with Gasteiger partial charge in [0, 0.05) is 11.6 Å². The van der Waals surface area contributed by atoms with Crippen LogP contribution in [0.3, 0.4) is 0 Å². The minimum atomic E-state index is 0.0340. The Morgan fingerprint density at radius 2 is 1.70 bits per heavy atom. The van der Waals surface area contributed by atoms with Crippen molar-refractivity contribution in [3.8, 4) is 0 Å². The van der Waals surface area contributed by atoms with Crippen molar-refractivity contribution in [2.45, 2.75) is 19.3 Å². The molecule has 2 rings (SSSR count). The largest absolute Gasteiger partial charge is 0.355 e. The smallest absolute Gasteiger partial charge is 0.233 e. The van der Waals surface area contributed by atoms with Crippen molar-refractivity contribution in [2.75, 3.05) is 19.6 Å². The molecule has 23 heavy (non-hydrogen) atoms. The molecular formula is C19H23ClN2O. The molecule has 0 heterocycles. The Morgan fingerprint density at radius 3 is 2.48 bits per heavy atom. The quantitative estimate of drug-likeness (QED) is 0.693. The number of benzene rings is 2. The maximum Gasteiger partial charge on any atom is 0.233 e. The molecule has 2 N–H and O–H groups in total. The molecule has 2 aromatic rings. The molecule has 2 aromatic carbocycles. The molecule has 0 saturated heterocycles. The molecule has 4 heteroatoms. The van der Waals surface area contributed by atoms with Crippen LogP contribution in [0.25, 0.3) is 0 Å². The second kappa shape index (κ2) is 10.0. The molecule has 0 spiro atoms. The van der Waals surface area contributed by atoms with E-state index in [1.807, 2.05) is 30.3 Å². The second-order valence-electron chi connectivity index (χ2n) is 5.50. The summed E-state index contributed by atoms with van der Waals surface area (Å²) in [7, 11) is 0. The highest BCUT2D eigenvalue weighted by Crippen LogP contribution is 2.10. The average Bonchev–Trinajstić information content (AvgIpc) is 2.55. The number of aryl methyl sites for hydroxylation is 1. The summed E-state index contributed by atoms with van der Waals surface area (Å²) >= 11 is 5.93. The van der Waals surface area contributed by atoms with E-state index in [2.05, 4.69) is 34.9 Å². The van der Waals surface area contributed by atoms with Crippen LogP contribution in [0, 0.1) is 0 Å². The van der Waals surface area contributed by atoms with Crippen molar-refractivity contribution >= 4 is 17.5 Å². The van der Waals surface area contributed by atoms with E-state index in [-0.39, 0.29) is 5.91 Å². The molecule has 0 bridgehead atoms. The van der Waals surface area contributed by atoms with E-state index in [9.17, 15) is 4.79 Å². The lowest BCUT2D eigenvalue weighted by Gasteiger charge is -2.07. The van der Waals surface area contributed by atoms with Gasteiger partial charge in [0.05, 0.1) is 6.54 Å². The Balaban J connectivity index is 1.52. The van der Waals surface area contributed by atoms with Gasteiger partial charge in [0.1, 0.15) is 0 Å². The molecule has 0 radical (unpaired) electrons. The Morgan fingerprint density at radius 1 is 0.913 bits per heavy atom. The van der Waals surface area contributed by atoms with Crippen LogP contribution in [-0.4, -0.2) is 25.5 Å². The molecule has 0 saturated carbocycles. The van der Waals surface area contributed by atoms with Crippen LogP contribution in [0.2, 0.25) is 5.02 Å². The van der Waals surface area contributed by atoms with Gasteiger partial charge in [-0.3, -0.25) is 4.79 Å². The zero-order valence-electron chi connectivity index (χ0n) is 13.2. The molecule has 0 aliphatic heterocycles. The first-order valence-electron chi connectivity index (χ1n) is 8.00. The zero-order chi connectivity index (χ0) is 16.3. The molecule has 1 amide bonds. The Bertz CT molecular complexity index is 601. The van der Waals surface area contributed by atoms with Crippen LogP contribution >= 0.6 is 11.6 Å². The van der Waals surface area contributed by atoms with E-state index < -0.39 is 0 Å². The van der Waals surface area contributed by atoms with Gasteiger partial charge in [-0.25, -0.2) is 0 Å². The summed E-state index contributed by atoms with van der Waals surface area (Å²) in [4.78, 5) is 11.7. The topological polar surface area (TPSA) is 41.1 Å². The van der Waals surface area contributed by atoms with Crippen molar-refractivity contribution in [1.82, 2.24) is 10.6 Å². The number of carbonyl (C=O) groups is 1. The van der Waals surface area contributed by atoms with Crippen LogP contribution in [0.4, 0.5) is 0 Å². The van der Waals surface area contributed by atoms with E-state index in [0.717, 1.165) is 36.4 Å². The molecular weight excluding hydrogens is 308 g/mol. The zero-order valence-corrected chi connectivity index (χ0v) is 14.0. The number of carbonyl (C=O) groups excluding carboxylic acids is 1. The van der Waals surface area contributed by atoms with Crippen molar-refractivity contribution in [1.29, 1.82) is 0 Å². The van der Waals surface area contributed by atoms with E-state index >= 15 is 0 Å². The number of nitrogens with one attached hydrogen (secondary N) is 2. The molecule has 122 valence electrons. The predicted molar refractivity (Wildman–Crippen MR) is 95.8 cm³/mol. The lowest BCUT2D eigenvalue weighted by atomic mass is 10.1. The SMILES string of the molecule is O=C(CNCCCc1ccccc1)NCCc1cccc(Cl)c1. The average molecular weight is 331 g/mol. The third-order valence-electron chi connectivity index (χ3n) is 3.57. The van der Waals surface area contributed by atoms with Crippen molar-refractivity contribution in [3.63, 3.8) is 0 Å². The second-order valence-corrected chi connectivity index (χ2v) is 5.93. The van der Waals surface area contributed by atoms with Crippen LogP contribution in [-0.2, 0) is 17.6 Å². The Kier molecular flexibility index (Phi) is 7.64. The van der Waals surface area contributed by atoms with Crippen LogP contribution < -0.4 is 10.6 Å². The summed E-state index contributed by atoms with van der Waals surface area (Å²) in [6, 6.07) is 18.1. The van der Waals surface area contributed by atoms with Gasteiger partial charge in [0.2, 0.25) is 5.91 Å². The lowest BCUT2D eigenvalue weighted by Crippen LogP contribution is -2.35. The standard InChI is InChI=1S/C19H23ClN2O/c20-18-10-4-8-17(14-18)11-13-22-19(23)15-21-12-5-9-16-6-2-1-3-7-16/h1-4,6-8,10,14,21H,5,9,11-13,15H2,(H,22,23). The fraction of sp³-hybridized carbons (Fsp3) is 0.316. The third-order valence-corrected chi connectivity index (χ3v) is 3.81. The summed E-state index contributed by atoms with van der Waals surface area (Å²) in [5.74, 6) is 0.0340. The summed E-state index contributed by atoms with van der Waals surface area (Å²) in [6.45, 7) is 1.84. The number of halogens is 1. The number of rotatable bonds is 9. The summed E-state index contributed by atoms with van der Waals surface area (Å²) in [6.07, 6.45) is 2.85. The van der Waals surface area contributed by atoms with Gasteiger partial charge in [-0.1, -0.05) is 54.1 Å². The monoisotopic (exact) mass is 330 g/mol. The normalized spacial score (nSPS) is 10.5. The molecule has 0 atom stereocenters. The van der Waals surface area contributed by atoms with Gasteiger partial charge in [-0.2, -0.15) is 0 Å². The van der Waals surface area contributed by atoms with Crippen molar-refractivity contribution in [3.05, 3.63) is 70.7 Å². The summed E-state index contributed by atoms with van der Waals surface area (Å²) in [5, 5.41) is 6.83. The first-order valence-corrected chi connectivity index (χ1v) is 8.37. The Hall–Kier alpha value is -1.84. The van der Waals surface area contributed by atoms with Crippen LogP contribution in [0.1, 0.15) is 17.5 Å². The fourth-order valence-electron chi connectivity index (χ4n) is 2.37. The molecule has 3 nitrogen and oxygen atoms in total. The van der Waals surface area contributed by atoms with Gasteiger partial charge >= 0.3 is 0 Å². The molecule has 0 fully saturated rings. The van der Waals surface area contributed by atoms with Crippen LogP contribution in [0.5, 0.6) is 0 Å². The van der Waals surface area contributed by atoms with E-state index in [1.54, 1.807) is 0 Å². The summed E-state index contributed by atoms with van der Waals surface area (Å²) < 4.78 is 0. The number of hydrogen-bond donors (Lipinski definition) is 2. The fourth-order valence-corrected chi connectivity index (χ4v) is 2.58. The van der Waals surface area contributed by atoms with Crippen LogP contribution in [0.15, 0.2) is 54.6 Å². The highest BCUT2D eigenvalue weighted by Gasteiger charge is 2.01. The lowest BCUT2D eigenvalue weighted by molar-refractivity contribution is -0.120. The van der Waals surface area contributed by atoms with Crippen molar-refractivity contribution < 1.29 is 4.79 Å². The van der Waals surface area contributed by atoms with Gasteiger partial charge in [0.15, 0.2) is 0 Å². The number of hydrogen-bond acceptors (Lipinski definition) is 2. The van der Waals surface area contributed by atoms with Gasteiger partial charge in [-0.15, -0.1) is 0 Å². The van der Waals surface area contributed by atoms with Crippen molar-refractivity contribution in [2.24, 2.45) is 0 Å². The third kappa shape index (κ3) is 7.31. The predicted octanol–water partition coefficient (Wildman–Crippen LogP) is 3.22. The van der Waals surface area contributed by atoms with Gasteiger partial charge in [-0.05, 0) is 49.1 Å². The maximum atomic E-state index is 11.7. The minimum absolute atomic E-state index is 0.0340. The molecule has 0 aliphatic rings. The number of amides is 1. The van der Waals surface area contributed by atoms with Gasteiger partial charge in [0.25, 0.3) is 0 Å². The molecule has 0 aliphatic carbocycles. The van der Waals surface area contributed by atoms with Gasteiger partial charge < -0.3 is 10.6 Å². The van der Waals surface area contributed by atoms with E-state index in [4.69, 9.17) is 11.6 Å². The first-order chi connectivity index (χ1) is 11.2. The summed E-state index contributed by atoms with van der Waals surface area (Å²) in [5.41, 5.74) is 2.47. The van der Waals surface area contributed by atoms with E-state index in [1.165, 1.54) is 5.56 Å². The Labute approximate surface area is 143 Å². The molecule has 0 aromatic heterocycles. The first kappa shape index (κ1) is 17.5. The minimum Gasteiger partial charge on any atom is -0.355 e. The highest BCUT2D eigenvalue weighted by molar-refractivity contribution is 6.30.